The van der Waals surface area contributed by atoms with Gasteiger partial charge in [0, 0.05) is 13.0 Å². The van der Waals surface area contributed by atoms with Crippen LogP contribution in [0.15, 0.2) is 12.2 Å². The van der Waals surface area contributed by atoms with Crippen molar-refractivity contribution in [2.75, 3.05) is 13.8 Å². The predicted molar refractivity (Wildman–Crippen MR) is 41.9 cm³/mol. The average molecular weight is 155 g/mol. The van der Waals surface area contributed by atoms with Crippen molar-refractivity contribution < 1.29 is 9.53 Å². The molecule has 0 aromatic heterocycles. The molecule has 0 atom stereocenters. The van der Waals surface area contributed by atoms with Crippen LogP contribution in [0.25, 0.3) is 0 Å². The number of amides is 1. The van der Waals surface area contributed by atoms with Crippen LogP contribution in [0, 0.1) is 5.92 Å². The highest BCUT2D eigenvalue weighted by atomic mass is 16.5. The summed E-state index contributed by atoms with van der Waals surface area (Å²) < 4.78 is 4.70. The lowest BCUT2D eigenvalue weighted by atomic mass is 9.80. The topological polar surface area (TPSA) is 38.3 Å². The Morgan fingerprint density at radius 1 is 1.82 bits per heavy atom. The number of nitrogens with one attached hydrogen (secondary N) is 1. The smallest absolute Gasteiger partial charge is 0.225 e. The Kier molecular flexibility index (Phi) is 2.65. The molecule has 0 bridgehead atoms. The van der Waals surface area contributed by atoms with Gasteiger partial charge in [0.25, 0.3) is 0 Å². The van der Waals surface area contributed by atoms with Crippen molar-refractivity contribution in [3.05, 3.63) is 12.2 Å². The standard InChI is InChI=1S/C8H13NO2/c1-6-3-7(4-6)8(10)9-5-11-2/h7H,1,3-5H2,2H3,(H,9,10). The number of rotatable bonds is 3. The molecule has 0 radical (unpaired) electrons. The lowest BCUT2D eigenvalue weighted by molar-refractivity contribution is -0.127. The molecule has 1 aliphatic carbocycles. The summed E-state index contributed by atoms with van der Waals surface area (Å²) in [7, 11) is 1.56. The second-order valence-corrected chi connectivity index (χ2v) is 2.83. The minimum atomic E-state index is 0.0826. The van der Waals surface area contributed by atoms with E-state index in [1.165, 1.54) is 5.57 Å². The number of methoxy groups -OCH3 is 1. The number of carbonyl (C=O) groups is 1. The molecular formula is C8H13NO2. The minimum Gasteiger partial charge on any atom is -0.364 e. The molecular weight excluding hydrogens is 142 g/mol. The Hall–Kier alpha value is -0.830. The predicted octanol–water partition coefficient (Wildman–Crippen LogP) is 0.673. The van der Waals surface area contributed by atoms with Gasteiger partial charge in [-0.2, -0.15) is 0 Å². The van der Waals surface area contributed by atoms with Crippen LogP contribution in [-0.4, -0.2) is 19.7 Å². The van der Waals surface area contributed by atoms with Gasteiger partial charge in [-0.1, -0.05) is 12.2 Å². The lowest BCUT2D eigenvalue weighted by Gasteiger charge is -2.26. The van der Waals surface area contributed by atoms with Crippen LogP contribution >= 0.6 is 0 Å². The molecule has 0 aromatic carbocycles. The van der Waals surface area contributed by atoms with Gasteiger partial charge < -0.3 is 10.1 Å². The first-order valence-electron chi connectivity index (χ1n) is 3.67. The molecule has 11 heavy (non-hydrogen) atoms. The van der Waals surface area contributed by atoms with E-state index in [0.29, 0.717) is 6.73 Å². The first-order valence-corrected chi connectivity index (χ1v) is 3.67. The van der Waals surface area contributed by atoms with E-state index in [9.17, 15) is 4.79 Å². The molecule has 0 saturated heterocycles. The molecule has 0 heterocycles. The van der Waals surface area contributed by atoms with Gasteiger partial charge in [0.1, 0.15) is 6.73 Å². The van der Waals surface area contributed by atoms with Crippen molar-refractivity contribution in [1.82, 2.24) is 5.32 Å². The summed E-state index contributed by atoms with van der Waals surface area (Å²) in [6.45, 7) is 4.07. The van der Waals surface area contributed by atoms with Gasteiger partial charge in [-0.3, -0.25) is 4.79 Å². The fourth-order valence-corrected chi connectivity index (χ4v) is 1.11. The van der Waals surface area contributed by atoms with Gasteiger partial charge in [-0.15, -0.1) is 0 Å². The molecule has 1 aliphatic rings. The number of hydrogen-bond donors (Lipinski definition) is 1. The van der Waals surface area contributed by atoms with E-state index in [0.717, 1.165) is 12.8 Å². The first-order chi connectivity index (χ1) is 5.24. The lowest BCUT2D eigenvalue weighted by Crippen LogP contribution is -2.36. The summed E-state index contributed by atoms with van der Waals surface area (Å²) >= 11 is 0. The molecule has 1 N–H and O–H groups in total. The van der Waals surface area contributed by atoms with E-state index < -0.39 is 0 Å². The van der Waals surface area contributed by atoms with Gasteiger partial charge in [0.2, 0.25) is 5.91 Å². The molecule has 1 fully saturated rings. The fourth-order valence-electron chi connectivity index (χ4n) is 1.11. The van der Waals surface area contributed by atoms with Crippen LogP contribution < -0.4 is 5.32 Å². The Morgan fingerprint density at radius 2 is 2.45 bits per heavy atom. The van der Waals surface area contributed by atoms with Crippen LogP contribution in [0.2, 0.25) is 0 Å². The van der Waals surface area contributed by atoms with Gasteiger partial charge >= 0.3 is 0 Å². The zero-order valence-electron chi connectivity index (χ0n) is 6.72. The maximum Gasteiger partial charge on any atom is 0.225 e. The van der Waals surface area contributed by atoms with Crippen molar-refractivity contribution in [2.45, 2.75) is 12.8 Å². The van der Waals surface area contributed by atoms with Crippen LogP contribution in [0.4, 0.5) is 0 Å². The van der Waals surface area contributed by atoms with E-state index in [1.54, 1.807) is 7.11 Å². The Bertz CT molecular complexity index is 169. The second kappa shape index (κ2) is 3.53. The van der Waals surface area contributed by atoms with Crippen LogP contribution in [0.3, 0.4) is 0 Å². The summed E-state index contributed by atoms with van der Waals surface area (Å²) in [5.74, 6) is 0.233. The van der Waals surface area contributed by atoms with Crippen LogP contribution in [-0.2, 0) is 9.53 Å². The third-order valence-corrected chi connectivity index (χ3v) is 1.83. The summed E-state index contributed by atoms with van der Waals surface area (Å²) in [5.41, 5.74) is 1.17. The van der Waals surface area contributed by atoms with E-state index in [2.05, 4.69) is 11.9 Å². The fraction of sp³-hybridized carbons (Fsp3) is 0.625. The molecule has 0 aromatic rings. The Morgan fingerprint density at radius 3 is 2.91 bits per heavy atom. The zero-order valence-corrected chi connectivity index (χ0v) is 6.72. The minimum absolute atomic E-state index is 0.0826. The molecule has 0 spiro atoms. The quantitative estimate of drug-likeness (QED) is 0.480. The number of carbonyl (C=O) groups excluding carboxylic acids is 1. The van der Waals surface area contributed by atoms with Gasteiger partial charge in [0.05, 0.1) is 0 Å². The molecule has 1 amide bonds. The molecule has 0 aliphatic heterocycles. The normalized spacial score (nSPS) is 17.7. The summed E-state index contributed by atoms with van der Waals surface area (Å²) in [5, 5.41) is 2.65. The third-order valence-electron chi connectivity index (χ3n) is 1.83. The highest BCUT2D eigenvalue weighted by Crippen LogP contribution is 2.31. The number of ether oxygens (including phenoxy) is 1. The van der Waals surface area contributed by atoms with E-state index in [-0.39, 0.29) is 11.8 Å². The van der Waals surface area contributed by atoms with Gasteiger partial charge in [-0.25, -0.2) is 0 Å². The number of hydrogen-bond acceptors (Lipinski definition) is 2. The molecule has 0 unspecified atom stereocenters. The monoisotopic (exact) mass is 155 g/mol. The molecule has 62 valence electrons. The van der Waals surface area contributed by atoms with Crippen molar-refractivity contribution in [3.63, 3.8) is 0 Å². The van der Waals surface area contributed by atoms with Crippen molar-refractivity contribution in [3.8, 4) is 0 Å². The van der Waals surface area contributed by atoms with Gasteiger partial charge in [-0.05, 0) is 12.8 Å². The molecule has 1 saturated carbocycles. The third kappa shape index (κ3) is 2.05. The highest BCUT2D eigenvalue weighted by molar-refractivity contribution is 5.80. The van der Waals surface area contributed by atoms with Crippen molar-refractivity contribution in [2.24, 2.45) is 5.92 Å². The summed E-state index contributed by atoms with van der Waals surface area (Å²) in [4.78, 5) is 11.1. The average Bonchev–Trinajstić information content (AvgIpc) is 1.94. The largest absolute Gasteiger partial charge is 0.364 e. The maximum absolute atomic E-state index is 11.1. The van der Waals surface area contributed by atoms with E-state index in [1.807, 2.05) is 0 Å². The SMILES string of the molecule is C=C1CC(C(=O)NCOC)C1. The summed E-state index contributed by atoms with van der Waals surface area (Å²) in [6.07, 6.45) is 1.69. The van der Waals surface area contributed by atoms with Crippen LogP contribution in [0.5, 0.6) is 0 Å². The number of allylic oxidation sites excluding steroid dienone is 1. The van der Waals surface area contributed by atoms with E-state index >= 15 is 0 Å². The zero-order chi connectivity index (χ0) is 8.27. The van der Waals surface area contributed by atoms with Crippen molar-refractivity contribution in [1.29, 1.82) is 0 Å². The second-order valence-electron chi connectivity index (χ2n) is 2.83. The molecule has 1 rings (SSSR count). The Labute approximate surface area is 66.4 Å². The molecule has 3 heteroatoms. The highest BCUT2D eigenvalue weighted by Gasteiger charge is 2.27. The van der Waals surface area contributed by atoms with Crippen molar-refractivity contribution >= 4 is 5.91 Å². The molecule has 3 nitrogen and oxygen atoms in total. The first kappa shape index (κ1) is 8.27. The van der Waals surface area contributed by atoms with Gasteiger partial charge in [0.15, 0.2) is 0 Å². The maximum atomic E-state index is 11.1. The summed E-state index contributed by atoms with van der Waals surface area (Å²) in [6, 6.07) is 0. The van der Waals surface area contributed by atoms with Crippen LogP contribution in [0.1, 0.15) is 12.8 Å². The van der Waals surface area contributed by atoms with E-state index in [4.69, 9.17) is 4.74 Å². The Balaban J connectivity index is 2.16.